The summed E-state index contributed by atoms with van der Waals surface area (Å²) < 4.78 is 11.7. The number of rotatable bonds is 4. The number of benzene rings is 2. The van der Waals surface area contributed by atoms with E-state index >= 15 is 0 Å². The summed E-state index contributed by atoms with van der Waals surface area (Å²) in [6.45, 7) is 6.41. The van der Waals surface area contributed by atoms with E-state index in [1.807, 2.05) is 24.3 Å². The molecule has 2 heterocycles. The van der Waals surface area contributed by atoms with Crippen molar-refractivity contribution in [2.75, 3.05) is 26.7 Å². The third-order valence-electron chi connectivity index (χ3n) is 6.55. The van der Waals surface area contributed by atoms with Crippen molar-refractivity contribution in [1.82, 2.24) is 4.90 Å². The summed E-state index contributed by atoms with van der Waals surface area (Å²) in [5.74, 6) is 1.59. The highest BCUT2D eigenvalue weighted by Gasteiger charge is 2.43. The SMILES string of the molecule is COc1cccc([C@@H](O)CN2CCC3(CC2)C[C@H](O)c2cc(C)c(C)cc2O3)c1. The normalized spacial score (nSPS) is 22.0. The van der Waals surface area contributed by atoms with Crippen molar-refractivity contribution in [1.29, 1.82) is 0 Å². The topological polar surface area (TPSA) is 62.2 Å². The Morgan fingerprint density at radius 1 is 1.17 bits per heavy atom. The molecule has 0 amide bonds. The van der Waals surface area contributed by atoms with Crippen LogP contribution in [0.4, 0.5) is 0 Å². The highest BCUT2D eigenvalue weighted by molar-refractivity contribution is 5.45. The summed E-state index contributed by atoms with van der Waals surface area (Å²) in [5, 5.41) is 21.4. The fraction of sp³-hybridized carbons (Fsp3) is 0.500. The van der Waals surface area contributed by atoms with Crippen molar-refractivity contribution < 1.29 is 19.7 Å². The molecule has 4 rings (SSSR count). The molecule has 2 aromatic carbocycles. The molecule has 5 nitrogen and oxygen atoms in total. The van der Waals surface area contributed by atoms with E-state index in [9.17, 15) is 10.2 Å². The Labute approximate surface area is 172 Å². The van der Waals surface area contributed by atoms with E-state index < -0.39 is 12.2 Å². The number of ether oxygens (including phenoxy) is 2. The molecule has 2 atom stereocenters. The van der Waals surface area contributed by atoms with Crippen molar-refractivity contribution in [2.45, 2.75) is 50.9 Å². The van der Waals surface area contributed by atoms with Crippen LogP contribution >= 0.6 is 0 Å². The Morgan fingerprint density at radius 3 is 2.62 bits per heavy atom. The largest absolute Gasteiger partial charge is 0.497 e. The van der Waals surface area contributed by atoms with Gasteiger partial charge in [0.15, 0.2) is 0 Å². The van der Waals surface area contributed by atoms with Gasteiger partial charge in [0.05, 0.1) is 19.3 Å². The van der Waals surface area contributed by atoms with Crippen molar-refractivity contribution >= 4 is 0 Å². The van der Waals surface area contributed by atoms with Gasteiger partial charge in [-0.2, -0.15) is 0 Å². The number of piperidine rings is 1. The van der Waals surface area contributed by atoms with Crippen LogP contribution in [-0.2, 0) is 0 Å². The number of aliphatic hydroxyl groups excluding tert-OH is 2. The van der Waals surface area contributed by atoms with Crippen molar-refractivity contribution in [2.24, 2.45) is 0 Å². The molecule has 0 saturated carbocycles. The number of nitrogens with zero attached hydrogens (tertiary/aromatic N) is 1. The lowest BCUT2D eigenvalue weighted by Gasteiger charge is -2.46. The van der Waals surface area contributed by atoms with E-state index in [4.69, 9.17) is 9.47 Å². The Morgan fingerprint density at radius 2 is 1.90 bits per heavy atom. The third-order valence-corrected chi connectivity index (χ3v) is 6.55. The lowest BCUT2D eigenvalue weighted by Crippen LogP contribution is -2.51. The maximum Gasteiger partial charge on any atom is 0.126 e. The van der Waals surface area contributed by atoms with Gasteiger partial charge in [0.2, 0.25) is 0 Å². The number of fused-ring (bicyclic) bond motifs is 1. The standard InChI is InChI=1S/C24H31NO4/c1-16-11-20-21(26)14-24(29-23(20)12-17(16)2)7-9-25(10-8-24)15-22(27)18-5-4-6-19(13-18)28-3/h4-6,11-13,21-22,26-27H,7-10,14-15H2,1-3H3/t21-,22-/m0/s1. The van der Waals surface area contributed by atoms with Gasteiger partial charge >= 0.3 is 0 Å². The van der Waals surface area contributed by atoms with Crippen LogP contribution in [0.25, 0.3) is 0 Å². The number of methoxy groups -OCH3 is 1. The number of hydrogen-bond donors (Lipinski definition) is 2. The summed E-state index contributed by atoms with van der Waals surface area (Å²) >= 11 is 0. The van der Waals surface area contributed by atoms with Gasteiger partial charge < -0.3 is 24.6 Å². The molecule has 156 valence electrons. The van der Waals surface area contributed by atoms with E-state index in [0.717, 1.165) is 48.6 Å². The first-order chi connectivity index (χ1) is 13.9. The Kier molecular flexibility index (Phi) is 5.56. The Bertz CT molecular complexity index is 873. The maximum absolute atomic E-state index is 10.8. The van der Waals surface area contributed by atoms with Gasteiger partial charge in [-0.15, -0.1) is 0 Å². The lowest BCUT2D eigenvalue weighted by molar-refractivity contribution is -0.0588. The first-order valence-corrected chi connectivity index (χ1v) is 10.4. The van der Waals surface area contributed by atoms with E-state index in [2.05, 4.69) is 30.9 Å². The summed E-state index contributed by atoms with van der Waals surface area (Å²) in [7, 11) is 1.63. The molecule has 2 aliphatic rings. The molecule has 2 N–H and O–H groups in total. The fourth-order valence-corrected chi connectivity index (χ4v) is 4.55. The zero-order valence-corrected chi connectivity index (χ0v) is 17.5. The van der Waals surface area contributed by atoms with Crippen molar-refractivity contribution in [3.05, 3.63) is 58.7 Å². The minimum absolute atomic E-state index is 0.314. The first-order valence-electron chi connectivity index (χ1n) is 10.4. The Balaban J connectivity index is 1.40. The maximum atomic E-state index is 10.8. The van der Waals surface area contributed by atoms with E-state index in [-0.39, 0.29) is 5.60 Å². The molecule has 1 saturated heterocycles. The molecule has 2 aliphatic heterocycles. The van der Waals surface area contributed by atoms with Crippen LogP contribution < -0.4 is 9.47 Å². The highest BCUT2D eigenvalue weighted by Crippen LogP contribution is 2.45. The first kappa shape index (κ1) is 20.2. The average molecular weight is 398 g/mol. The predicted molar refractivity (Wildman–Crippen MR) is 112 cm³/mol. The van der Waals surface area contributed by atoms with E-state index in [1.165, 1.54) is 11.1 Å². The van der Waals surface area contributed by atoms with Crippen LogP contribution in [0.5, 0.6) is 11.5 Å². The predicted octanol–water partition coefficient (Wildman–Crippen LogP) is 3.70. The molecule has 0 aliphatic carbocycles. The lowest BCUT2D eigenvalue weighted by atomic mass is 9.81. The second kappa shape index (κ2) is 7.98. The second-order valence-electron chi connectivity index (χ2n) is 8.57. The van der Waals surface area contributed by atoms with Crippen LogP contribution in [-0.4, -0.2) is 47.5 Å². The minimum atomic E-state index is -0.552. The van der Waals surface area contributed by atoms with Gasteiger partial charge in [-0.3, -0.25) is 0 Å². The monoisotopic (exact) mass is 397 g/mol. The smallest absolute Gasteiger partial charge is 0.126 e. The summed E-state index contributed by atoms with van der Waals surface area (Å²) in [4.78, 5) is 2.28. The Hall–Kier alpha value is -2.08. The molecular formula is C24H31NO4. The molecule has 1 spiro atoms. The molecule has 29 heavy (non-hydrogen) atoms. The van der Waals surface area contributed by atoms with Crippen molar-refractivity contribution in [3.63, 3.8) is 0 Å². The number of aryl methyl sites for hydroxylation is 2. The number of hydrogen-bond acceptors (Lipinski definition) is 5. The van der Waals surface area contributed by atoms with Crippen LogP contribution in [0.1, 0.15) is 53.7 Å². The number of aliphatic hydroxyl groups is 2. The average Bonchev–Trinajstić information content (AvgIpc) is 2.71. The summed E-state index contributed by atoms with van der Waals surface area (Å²) in [6.07, 6.45) is 1.30. The van der Waals surface area contributed by atoms with Crippen LogP contribution in [0.15, 0.2) is 36.4 Å². The molecule has 5 heteroatoms. The zero-order chi connectivity index (χ0) is 20.6. The van der Waals surface area contributed by atoms with Gasteiger partial charge in [0, 0.05) is 31.6 Å². The molecule has 0 aromatic heterocycles. The summed E-state index contributed by atoms with van der Waals surface area (Å²) in [5.41, 5.74) is 3.84. The molecular weight excluding hydrogens is 366 g/mol. The number of β-amino-alcohol motifs (C(OH)–C–C–N with tert-alkyl or cyclic N) is 1. The van der Waals surface area contributed by atoms with Gasteiger partial charge in [0.25, 0.3) is 0 Å². The fourth-order valence-electron chi connectivity index (χ4n) is 4.55. The van der Waals surface area contributed by atoms with Crippen LogP contribution in [0.3, 0.4) is 0 Å². The summed E-state index contributed by atoms with van der Waals surface area (Å²) in [6, 6.07) is 11.7. The number of likely N-dealkylation sites (tertiary alicyclic amines) is 1. The van der Waals surface area contributed by atoms with Gasteiger partial charge in [-0.05, 0) is 67.6 Å². The molecule has 0 unspecified atom stereocenters. The van der Waals surface area contributed by atoms with Crippen molar-refractivity contribution in [3.8, 4) is 11.5 Å². The molecule has 0 bridgehead atoms. The third kappa shape index (κ3) is 4.13. The van der Waals surface area contributed by atoms with Gasteiger partial charge in [-0.1, -0.05) is 12.1 Å². The molecule has 2 aromatic rings. The van der Waals surface area contributed by atoms with E-state index in [0.29, 0.717) is 13.0 Å². The van der Waals surface area contributed by atoms with Gasteiger partial charge in [0.1, 0.15) is 17.1 Å². The quantitative estimate of drug-likeness (QED) is 0.824. The van der Waals surface area contributed by atoms with Gasteiger partial charge in [-0.25, -0.2) is 0 Å². The van der Waals surface area contributed by atoms with Crippen LogP contribution in [0.2, 0.25) is 0 Å². The highest BCUT2D eigenvalue weighted by atomic mass is 16.5. The van der Waals surface area contributed by atoms with E-state index in [1.54, 1.807) is 7.11 Å². The second-order valence-corrected chi connectivity index (χ2v) is 8.57. The molecule has 0 radical (unpaired) electrons. The van der Waals surface area contributed by atoms with Crippen LogP contribution in [0, 0.1) is 13.8 Å². The minimum Gasteiger partial charge on any atom is -0.497 e. The zero-order valence-electron chi connectivity index (χ0n) is 17.5. The molecule has 1 fully saturated rings.